The molecule has 0 unspecified atom stereocenters. The van der Waals surface area contributed by atoms with Crippen molar-refractivity contribution in [1.29, 1.82) is 0 Å². The molecule has 0 fully saturated rings. The van der Waals surface area contributed by atoms with Crippen LogP contribution in [0, 0.1) is 0 Å². The highest BCUT2D eigenvalue weighted by Crippen LogP contribution is 2.31. The van der Waals surface area contributed by atoms with Gasteiger partial charge in [0.05, 0.1) is 23.2 Å². The van der Waals surface area contributed by atoms with Gasteiger partial charge >= 0.3 is 6.09 Å². The first kappa shape index (κ1) is 31.2. The molecule has 3 aromatic carbocycles. The molecule has 2 aromatic heterocycles. The fourth-order valence-electron chi connectivity index (χ4n) is 5.38. The van der Waals surface area contributed by atoms with Crippen LogP contribution < -0.4 is 10.6 Å². The van der Waals surface area contributed by atoms with Crippen molar-refractivity contribution in [2.24, 2.45) is 0 Å². The molecule has 13 nitrogen and oxygen atoms in total. The molecule has 0 radical (unpaired) electrons. The minimum absolute atomic E-state index is 0.0108. The Morgan fingerprint density at radius 1 is 1.02 bits per heavy atom. The van der Waals surface area contributed by atoms with E-state index in [4.69, 9.17) is 33.3 Å². The maximum atomic E-state index is 13.4. The molecule has 46 heavy (non-hydrogen) atoms. The lowest BCUT2D eigenvalue weighted by atomic mass is 10.00. The Morgan fingerprint density at radius 2 is 1.80 bits per heavy atom. The van der Waals surface area contributed by atoms with Crippen molar-refractivity contribution in [3.63, 3.8) is 0 Å². The number of aryl methyl sites for hydroxylation is 1. The number of aromatic nitrogens is 6. The Hall–Kier alpha value is -4.79. The second-order valence-electron chi connectivity index (χ2n) is 10.8. The topological polar surface area (TPSA) is 185 Å². The monoisotopic (exact) mass is 680 g/mol. The van der Waals surface area contributed by atoms with E-state index in [1.165, 1.54) is 11.0 Å². The van der Waals surface area contributed by atoms with Crippen molar-refractivity contribution >= 4 is 50.7 Å². The number of imidazole rings is 1. The number of nitrogens with zero attached hydrogens (tertiary/aromatic N) is 5. The van der Waals surface area contributed by atoms with E-state index in [2.05, 4.69) is 31.1 Å². The van der Waals surface area contributed by atoms with Gasteiger partial charge in [-0.05, 0) is 75.9 Å². The number of hydrogen-bond donors (Lipinski definition) is 4. The Labute approximate surface area is 272 Å². The second-order valence-corrected chi connectivity index (χ2v) is 13.7. The summed E-state index contributed by atoms with van der Waals surface area (Å²) >= 11 is 12.8. The van der Waals surface area contributed by atoms with E-state index in [-0.39, 0.29) is 29.0 Å². The minimum atomic E-state index is -3.19. The van der Waals surface area contributed by atoms with Crippen LogP contribution in [-0.4, -0.2) is 55.7 Å². The molecular weight excluding hydrogens is 655 g/mol. The van der Waals surface area contributed by atoms with E-state index in [9.17, 15) is 18.0 Å². The standard InChI is InChI=1S/C30H26Cl2N8O5S/c31-22-6-9-25(40-16-33-38-39-40)19(13-22)5-10-26(41)35-24(12-17-1-2-20-14-46(44,45)15-21(20)11-17)29-36-27(28(32)37-29)18-3-7-23(8-4-18)34-30(42)43/h1-4,6-9,11,13,16,24,34H,5,10,12,14-15H2,(H,35,41)(H,36,37)(H,42,43)/t24-/m0/s1. The summed E-state index contributed by atoms with van der Waals surface area (Å²) in [5.74, 6) is 0.109. The second kappa shape index (κ2) is 12.9. The molecule has 4 N–H and O–H groups in total. The number of carbonyl (C=O) groups is 2. The van der Waals surface area contributed by atoms with Gasteiger partial charge in [0.25, 0.3) is 0 Å². The van der Waals surface area contributed by atoms with Gasteiger partial charge in [0.2, 0.25) is 5.91 Å². The zero-order valence-corrected chi connectivity index (χ0v) is 26.3. The molecule has 2 amide bonds. The third kappa shape index (κ3) is 7.19. The lowest BCUT2D eigenvalue weighted by molar-refractivity contribution is -0.121. The summed E-state index contributed by atoms with van der Waals surface area (Å²) in [4.78, 5) is 32.2. The Kier molecular flexibility index (Phi) is 8.75. The first-order valence-electron chi connectivity index (χ1n) is 14.0. The average molecular weight is 682 g/mol. The Balaban J connectivity index is 1.25. The number of sulfone groups is 1. The summed E-state index contributed by atoms with van der Waals surface area (Å²) in [6, 6.07) is 16.6. The van der Waals surface area contributed by atoms with Gasteiger partial charge in [-0.3, -0.25) is 10.1 Å². The van der Waals surface area contributed by atoms with E-state index >= 15 is 0 Å². The van der Waals surface area contributed by atoms with Crippen LogP contribution in [0.3, 0.4) is 0 Å². The van der Waals surface area contributed by atoms with Crippen LogP contribution >= 0.6 is 23.2 Å². The molecule has 0 saturated heterocycles. The molecular formula is C30H26Cl2N8O5S. The third-order valence-electron chi connectivity index (χ3n) is 7.47. The van der Waals surface area contributed by atoms with Gasteiger partial charge < -0.3 is 15.4 Å². The number of nitrogens with one attached hydrogen (secondary N) is 3. The van der Waals surface area contributed by atoms with E-state index in [0.29, 0.717) is 46.3 Å². The summed E-state index contributed by atoms with van der Waals surface area (Å²) in [6.45, 7) is 0. The fourth-order valence-corrected chi connectivity index (χ4v) is 7.43. The summed E-state index contributed by atoms with van der Waals surface area (Å²) in [5.41, 5.74) is 5.23. The number of amides is 2. The van der Waals surface area contributed by atoms with Crippen LogP contribution in [0.2, 0.25) is 10.2 Å². The molecule has 0 bridgehead atoms. The molecule has 16 heteroatoms. The van der Waals surface area contributed by atoms with Crippen LogP contribution in [0.5, 0.6) is 0 Å². The number of fused-ring (bicyclic) bond motifs is 1. The first-order chi connectivity index (χ1) is 22.0. The zero-order valence-electron chi connectivity index (χ0n) is 23.9. The molecule has 1 aliphatic heterocycles. The van der Waals surface area contributed by atoms with Crippen LogP contribution in [-0.2, 0) is 39.0 Å². The van der Waals surface area contributed by atoms with Crippen molar-refractivity contribution in [3.8, 4) is 16.9 Å². The molecule has 3 heterocycles. The summed E-state index contributed by atoms with van der Waals surface area (Å²) < 4.78 is 25.9. The summed E-state index contributed by atoms with van der Waals surface area (Å²) in [7, 11) is -3.19. The third-order valence-corrected chi connectivity index (χ3v) is 9.48. The lowest BCUT2D eigenvalue weighted by Gasteiger charge is -2.18. The van der Waals surface area contributed by atoms with Crippen molar-refractivity contribution in [2.45, 2.75) is 36.8 Å². The number of carbonyl (C=O) groups excluding carboxylic acids is 1. The van der Waals surface area contributed by atoms with Crippen LogP contribution in [0.1, 0.15) is 40.5 Å². The van der Waals surface area contributed by atoms with Crippen molar-refractivity contribution in [3.05, 3.63) is 105 Å². The average Bonchev–Trinajstić information content (AvgIpc) is 3.74. The number of hydrogen-bond acceptors (Lipinski definition) is 8. The zero-order chi connectivity index (χ0) is 32.4. The fraction of sp³-hybridized carbons (Fsp3) is 0.200. The van der Waals surface area contributed by atoms with E-state index in [1.54, 1.807) is 48.5 Å². The highest BCUT2D eigenvalue weighted by molar-refractivity contribution is 7.90. The van der Waals surface area contributed by atoms with Gasteiger partial charge in [0, 0.05) is 22.7 Å². The molecule has 0 saturated carbocycles. The number of anilines is 1. The molecule has 236 valence electrons. The smallest absolute Gasteiger partial charge is 0.409 e. The highest BCUT2D eigenvalue weighted by Gasteiger charge is 2.26. The maximum Gasteiger partial charge on any atom is 0.409 e. The molecule has 0 spiro atoms. The maximum absolute atomic E-state index is 13.4. The van der Waals surface area contributed by atoms with Gasteiger partial charge in [-0.1, -0.05) is 53.5 Å². The lowest BCUT2D eigenvalue weighted by Crippen LogP contribution is -2.31. The predicted molar refractivity (Wildman–Crippen MR) is 171 cm³/mol. The highest BCUT2D eigenvalue weighted by atomic mass is 35.5. The van der Waals surface area contributed by atoms with Gasteiger partial charge in [0.1, 0.15) is 23.0 Å². The number of rotatable bonds is 10. The molecule has 5 aromatic rings. The molecule has 0 aliphatic carbocycles. The normalized spacial score (nSPS) is 14.0. The quantitative estimate of drug-likeness (QED) is 0.159. The minimum Gasteiger partial charge on any atom is -0.465 e. The van der Waals surface area contributed by atoms with E-state index in [1.807, 2.05) is 12.1 Å². The molecule has 6 rings (SSSR count). The van der Waals surface area contributed by atoms with E-state index in [0.717, 1.165) is 22.3 Å². The van der Waals surface area contributed by atoms with Crippen molar-refractivity contribution in [1.82, 2.24) is 35.5 Å². The van der Waals surface area contributed by atoms with Crippen LogP contribution in [0.15, 0.2) is 67.0 Å². The van der Waals surface area contributed by atoms with Gasteiger partial charge in [0.15, 0.2) is 9.84 Å². The number of H-pyrrole nitrogens is 1. The van der Waals surface area contributed by atoms with Gasteiger partial charge in [-0.25, -0.2) is 22.9 Å². The first-order valence-corrected chi connectivity index (χ1v) is 16.6. The number of halogens is 2. The molecule has 1 aliphatic rings. The van der Waals surface area contributed by atoms with Crippen molar-refractivity contribution < 1.29 is 23.1 Å². The predicted octanol–water partition coefficient (Wildman–Crippen LogP) is 4.91. The summed E-state index contributed by atoms with van der Waals surface area (Å²) in [5, 5.41) is 26.4. The van der Waals surface area contributed by atoms with E-state index < -0.39 is 22.0 Å². The van der Waals surface area contributed by atoms with Crippen molar-refractivity contribution in [2.75, 3.05) is 5.32 Å². The van der Waals surface area contributed by atoms with Crippen LogP contribution in [0.25, 0.3) is 16.9 Å². The molecule has 1 atom stereocenters. The number of tetrazole rings is 1. The number of carboxylic acid groups (broad SMARTS) is 1. The SMILES string of the molecule is O=C(O)Nc1ccc(-c2nc([C@H](Cc3ccc4c(c3)CS(=O)(=O)C4)NC(=O)CCc3cc(Cl)ccc3-n3cnnn3)[nH]c2Cl)cc1. The Bertz CT molecular complexity index is 2030. The number of aromatic amines is 1. The Morgan fingerprint density at radius 3 is 2.54 bits per heavy atom. The van der Waals surface area contributed by atoms with Gasteiger partial charge in [-0.15, -0.1) is 5.10 Å². The van der Waals surface area contributed by atoms with Crippen LogP contribution in [0.4, 0.5) is 10.5 Å². The largest absolute Gasteiger partial charge is 0.465 e. The summed E-state index contributed by atoms with van der Waals surface area (Å²) in [6.07, 6.45) is 1.02. The number of benzene rings is 3. The van der Waals surface area contributed by atoms with Gasteiger partial charge in [-0.2, -0.15) is 0 Å².